The van der Waals surface area contributed by atoms with Crippen LogP contribution in [0.4, 0.5) is 18.9 Å². The quantitative estimate of drug-likeness (QED) is 0.266. The van der Waals surface area contributed by atoms with E-state index in [-0.39, 0.29) is 24.1 Å². The second kappa shape index (κ2) is 11.8. The number of nitrogens with zero attached hydrogens (tertiary/aromatic N) is 7. The van der Waals surface area contributed by atoms with Crippen molar-refractivity contribution in [2.75, 3.05) is 11.9 Å². The molecule has 0 aromatic carbocycles. The van der Waals surface area contributed by atoms with E-state index in [1.54, 1.807) is 16.6 Å². The molecule has 0 spiro atoms. The van der Waals surface area contributed by atoms with Gasteiger partial charge in [-0.3, -0.25) is 9.78 Å². The normalized spacial score (nSPS) is 18.1. The molecule has 1 aliphatic carbocycles. The number of carbonyl (C=O) groups is 1. The highest BCUT2D eigenvalue weighted by Gasteiger charge is 2.29. The number of fused-ring (bicyclic) bond motifs is 1. The first-order valence-electron chi connectivity index (χ1n) is 13.5. The van der Waals surface area contributed by atoms with Gasteiger partial charge in [-0.15, -0.1) is 5.10 Å². The standard InChI is InChI=1S/C28H30F3N9O2/c1-28(2,42)25(29)14-34-26(41)20-13-33-22(24-8-7-19-9-16(11-32)12-35-40(19)24)10-21(20)36-18-5-3-17(4-6-18)23-15-39(27(30)31)38-37-23/h7-10,12-13,15,17-18,25,27,42H,3-6,14H2,1-2H3,(H,33,36)(H,34,41). The minimum absolute atomic E-state index is 0.00824. The number of nitriles is 1. The Balaban J connectivity index is 1.38. The van der Waals surface area contributed by atoms with E-state index in [2.05, 4.69) is 37.1 Å². The molecule has 42 heavy (non-hydrogen) atoms. The number of hydrogen-bond donors (Lipinski definition) is 3. The molecule has 1 atom stereocenters. The fourth-order valence-electron chi connectivity index (χ4n) is 5.00. The van der Waals surface area contributed by atoms with E-state index in [9.17, 15) is 28.3 Å². The molecule has 0 radical (unpaired) electrons. The molecule has 4 heterocycles. The van der Waals surface area contributed by atoms with Crippen LogP contribution in [0.15, 0.2) is 42.9 Å². The third-order valence-corrected chi connectivity index (χ3v) is 7.48. The SMILES string of the molecule is CC(C)(O)C(F)CNC(=O)c1cnc(-c2ccc3cc(C#N)cnn23)cc1NC1CCC(c2cn(C(F)F)nn2)CC1. The van der Waals surface area contributed by atoms with Gasteiger partial charge in [0, 0.05) is 18.2 Å². The highest BCUT2D eigenvalue weighted by molar-refractivity contribution is 6.00. The van der Waals surface area contributed by atoms with Crippen molar-refractivity contribution in [3.05, 3.63) is 59.7 Å². The van der Waals surface area contributed by atoms with Crippen LogP contribution in [0.1, 0.15) is 73.6 Å². The van der Waals surface area contributed by atoms with E-state index >= 15 is 0 Å². The number of hydrogen-bond acceptors (Lipinski definition) is 8. The van der Waals surface area contributed by atoms with Crippen LogP contribution in [0.25, 0.3) is 16.9 Å². The van der Waals surface area contributed by atoms with Crippen molar-refractivity contribution in [2.45, 2.75) is 69.8 Å². The van der Waals surface area contributed by atoms with Gasteiger partial charge >= 0.3 is 6.55 Å². The maximum atomic E-state index is 14.4. The van der Waals surface area contributed by atoms with E-state index in [1.807, 2.05) is 12.1 Å². The first-order valence-corrected chi connectivity index (χ1v) is 13.5. The van der Waals surface area contributed by atoms with Crippen molar-refractivity contribution in [1.29, 1.82) is 5.26 Å². The molecule has 14 heteroatoms. The number of aromatic nitrogens is 6. The van der Waals surface area contributed by atoms with Crippen LogP contribution in [0.5, 0.6) is 0 Å². The van der Waals surface area contributed by atoms with E-state index in [0.29, 0.717) is 64.2 Å². The van der Waals surface area contributed by atoms with Gasteiger partial charge in [0.2, 0.25) is 0 Å². The van der Waals surface area contributed by atoms with Gasteiger partial charge in [-0.1, -0.05) is 5.21 Å². The Bertz CT molecular complexity index is 1610. The molecule has 0 saturated heterocycles. The number of amides is 1. The molecule has 4 aromatic rings. The number of halogens is 3. The number of pyridine rings is 1. The van der Waals surface area contributed by atoms with Crippen LogP contribution in [-0.4, -0.2) is 65.0 Å². The zero-order chi connectivity index (χ0) is 30.0. The molecular weight excluding hydrogens is 551 g/mol. The molecule has 1 fully saturated rings. The lowest BCUT2D eigenvalue weighted by molar-refractivity contribution is -0.00178. The largest absolute Gasteiger partial charge is 0.387 e. The van der Waals surface area contributed by atoms with Crippen LogP contribution < -0.4 is 10.6 Å². The molecule has 1 aliphatic rings. The third kappa shape index (κ3) is 6.20. The van der Waals surface area contributed by atoms with E-state index in [1.165, 1.54) is 32.4 Å². The highest BCUT2D eigenvalue weighted by Crippen LogP contribution is 2.34. The number of rotatable bonds is 9. The first kappa shape index (κ1) is 29.0. The maximum absolute atomic E-state index is 14.4. The maximum Gasteiger partial charge on any atom is 0.334 e. The third-order valence-electron chi connectivity index (χ3n) is 7.48. The van der Waals surface area contributed by atoms with Crippen LogP contribution in [0, 0.1) is 11.3 Å². The number of carbonyl (C=O) groups excluding carboxylic acids is 1. The summed E-state index contributed by atoms with van der Waals surface area (Å²) in [5, 5.41) is 36.8. The Kier molecular flexibility index (Phi) is 8.13. The summed E-state index contributed by atoms with van der Waals surface area (Å²) in [5.41, 5.74) is 1.86. The van der Waals surface area contributed by atoms with Crippen LogP contribution in [0.2, 0.25) is 0 Å². The van der Waals surface area contributed by atoms with Crippen molar-refractivity contribution in [2.24, 2.45) is 0 Å². The molecule has 1 saturated carbocycles. The Morgan fingerprint density at radius 1 is 1.19 bits per heavy atom. The topological polar surface area (TPSA) is 146 Å². The molecule has 1 amide bonds. The zero-order valence-corrected chi connectivity index (χ0v) is 23.0. The van der Waals surface area contributed by atoms with Gasteiger partial charge in [-0.2, -0.15) is 23.8 Å². The van der Waals surface area contributed by atoms with Crippen molar-refractivity contribution in [3.63, 3.8) is 0 Å². The predicted octanol–water partition coefficient (Wildman–Crippen LogP) is 4.23. The second-order valence-corrected chi connectivity index (χ2v) is 11.0. The van der Waals surface area contributed by atoms with Crippen LogP contribution in [-0.2, 0) is 0 Å². The molecule has 3 N–H and O–H groups in total. The van der Waals surface area contributed by atoms with E-state index in [4.69, 9.17) is 0 Å². The summed E-state index contributed by atoms with van der Waals surface area (Å²) >= 11 is 0. The lowest BCUT2D eigenvalue weighted by Gasteiger charge is -2.29. The van der Waals surface area contributed by atoms with Crippen molar-refractivity contribution < 1.29 is 23.1 Å². The summed E-state index contributed by atoms with van der Waals surface area (Å²) in [6, 6.07) is 9.06. The smallest absolute Gasteiger partial charge is 0.334 e. The van der Waals surface area contributed by atoms with Gasteiger partial charge in [-0.05, 0) is 63.8 Å². The molecule has 0 bridgehead atoms. The number of nitrogens with one attached hydrogen (secondary N) is 2. The molecule has 11 nitrogen and oxygen atoms in total. The van der Waals surface area contributed by atoms with Gasteiger partial charge in [0.25, 0.3) is 5.91 Å². The lowest BCUT2D eigenvalue weighted by atomic mass is 9.84. The Hall–Kier alpha value is -4.51. The zero-order valence-electron chi connectivity index (χ0n) is 23.0. The van der Waals surface area contributed by atoms with Crippen LogP contribution >= 0.6 is 0 Å². The van der Waals surface area contributed by atoms with Gasteiger partial charge in [0.05, 0.1) is 64.0 Å². The van der Waals surface area contributed by atoms with Crippen LogP contribution in [0.3, 0.4) is 0 Å². The highest BCUT2D eigenvalue weighted by atomic mass is 19.3. The summed E-state index contributed by atoms with van der Waals surface area (Å²) in [4.78, 5) is 17.6. The average Bonchev–Trinajstić information content (AvgIpc) is 3.63. The molecule has 1 unspecified atom stereocenters. The summed E-state index contributed by atoms with van der Waals surface area (Å²) < 4.78 is 42.4. The minimum atomic E-state index is -2.74. The molecule has 4 aromatic heterocycles. The average molecular weight is 582 g/mol. The van der Waals surface area contributed by atoms with Crippen molar-refractivity contribution in [1.82, 2.24) is 34.9 Å². The molecule has 0 aliphatic heterocycles. The number of alkyl halides is 3. The van der Waals surface area contributed by atoms with Gasteiger partial charge in [0.15, 0.2) is 0 Å². The number of anilines is 1. The summed E-state index contributed by atoms with van der Waals surface area (Å²) in [6.07, 6.45) is 5.19. The second-order valence-electron chi connectivity index (χ2n) is 11.0. The fourth-order valence-corrected chi connectivity index (χ4v) is 5.00. The van der Waals surface area contributed by atoms with Gasteiger partial charge in [0.1, 0.15) is 12.2 Å². The summed E-state index contributed by atoms with van der Waals surface area (Å²) in [7, 11) is 0. The van der Waals surface area contributed by atoms with Gasteiger partial charge in [-0.25, -0.2) is 8.91 Å². The van der Waals surface area contributed by atoms with Crippen molar-refractivity contribution >= 4 is 17.1 Å². The lowest BCUT2D eigenvalue weighted by Crippen LogP contribution is -2.42. The molecular formula is C28H30F3N9O2. The van der Waals surface area contributed by atoms with E-state index in [0.717, 1.165) is 0 Å². The predicted molar refractivity (Wildman–Crippen MR) is 147 cm³/mol. The molecule has 5 rings (SSSR count). The van der Waals surface area contributed by atoms with E-state index < -0.39 is 24.2 Å². The Morgan fingerprint density at radius 2 is 1.95 bits per heavy atom. The Morgan fingerprint density at radius 3 is 2.62 bits per heavy atom. The fraction of sp³-hybridized carbons (Fsp3) is 0.429. The monoisotopic (exact) mass is 581 g/mol. The van der Waals surface area contributed by atoms with Crippen molar-refractivity contribution in [3.8, 4) is 17.5 Å². The minimum Gasteiger partial charge on any atom is -0.387 e. The number of aliphatic hydroxyl groups is 1. The molecule has 220 valence electrons. The summed E-state index contributed by atoms with van der Waals surface area (Å²) in [5.74, 6) is -0.566. The summed E-state index contributed by atoms with van der Waals surface area (Å²) in [6.45, 7) is -0.477. The first-order chi connectivity index (χ1) is 20.0. The Labute approximate surface area is 239 Å². The van der Waals surface area contributed by atoms with Gasteiger partial charge < -0.3 is 15.7 Å².